The summed E-state index contributed by atoms with van der Waals surface area (Å²) in [4.78, 5) is 11.9. The van der Waals surface area contributed by atoms with E-state index in [1.165, 1.54) is 5.69 Å². The average molecular weight is 531 g/mol. The zero-order valence-electron chi connectivity index (χ0n) is 19.6. The van der Waals surface area contributed by atoms with Crippen LogP contribution in [0, 0.1) is 5.92 Å². The van der Waals surface area contributed by atoms with E-state index >= 15 is 0 Å². The predicted octanol–water partition coefficient (Wildman–Crippen LogP) is 2.96. The highest BCUT2D eigenvalue weighted by Gasteiger charge is 2.25. The Balaban J connectivity index is 0.00000450. The van der Waals surface area contributed by atoms with Gasteiger partial charge in [-0.15, -0.1) is 24.0 Å². The largest absolute Gasteiger partial charge is 0.372 e. The number of benzene rings is 1. The van der Waals surface area contributed by atoms with Crippen molar-refractivity contribution in [2.24, 2.45) is 10.9 Å². The van der Waals surface area contributed by atoms with Crippen molar-refractivity contribution >= 4 is 35.6 Å². The molecule has 2 rings (SSSR count). The second-order valence-electron chi connectivity index (χ2n) is 8.30. The summed E-state index contributed by atoms with van der Waals surface area (Å²) >= 11 is 0. The molecular weight excluding hydrogens is 487 g/mol. The summed E-state index contributed by atoms with van der Waals surface area (Å²) in [5.74, 6) is 1.53. The van der Waals surface area contributed by atoms with Gasteiger partial charge in [-0.3, -0.25) is 9.89 Å². The first-order valence-corrected chi connectivity index (χ1v) is 11.2. The first kappa shape index (κ1) is 27.0. The Morgan fingerprint density at radius 3 is 2.33 bits per heavy atom. The Morgan fingerprint density at radius 1 is 1.10 bits per heavy atom. The number of hydrogen-bond donors (Lipinski definition) is 2. The van der Waals surface area contributed by atoms with E-state index < -0.39 is 0 Å². The van der Waals surface area contributed by atoms with Crippen molar-refractivity contribution in [3.05, 3.63) is 30.3 Å². The highest BCUT2D eigenvalue weighted by atomic mass is 127. The van der Waals surface area contributed by atoms with Crippen molar-refractivity contribution in [1.29, 1.82) is 0 Å². The van der Waals surface area contributed by atoms with Gasteiger partial charge in [0, 0.05) is 71.1 Å². The van der Waals surface area contributed by atoms with E-state index in [1.807, 2.05) is 7.05 Å². The lowest BCUT2D eigenvalue weighted by molar-refractivity contribution is 0.0900. The molecule has 1 fully saturated rings. The van der Waals surface area contributed by atoms with Gasteiger partial charge in [0.1, 0.15) is 0 Å². The van der Waals surface area contributed by atoms with E-state index in [0.29, 0.717) is 12.0 Å². The van der Waals surface area contributed by atoms with Gasteiger partial charge in [0.25, 0.3) is 0 Å². The van der Waals surface area contributed by atoms with Gasteiger partial charge in [-0.05, 0) is 38.4 Å². The number of halogens is 1. The number of para-hydroxylation sites is 1. The zero-order chi connectivity index (χ0) is 21.1. The molecule has 0 saturated carbocycles. The van der Waals surface area contributed by atoms with Gasteiger partial charge in [-0.25, -0.2) is 0 Å². The van der Waals surface area contributed by atoms with Crippen molar-refractivity contribution in [3.8, 4) is 0 Å². The number of likely N-dealkylation sites (N-methyl/N-ethyl adjacent to an activating group) is 1. The molecule has 0 aliphatic carbocycles. The van der Waals surface area contributed by atoms with Crippen LogP contribution >= 0.6 is 24.0 Å². The van der Waals surface area contributed by atoms with Crippen LogP contribution in [0.5, 0.6) is 0 Å². The van der Waals surface area contributed by atoms with E-state index in [0.717, 1.165) is 64.7 Å². The molecule has 1 aromatic rings. The summed E-state index contributed by atoms with van der Waals surface area (Å²) in [5.41, 5.74) is 1.30. The van der Waals surface area contributed by atoms with Gasteiger partial charge >= 0.3 is 0 Å². The fourth-order valence-electron chi connectivity index (χ4n) is 3.95. The summed E-state index contributed by atoms with van der Waals surface area (Å²) in [5, 5.41) is 7.05. The zero-order valence-corrected chi connectivity index (χ0v) is 21.9. The summed E-state index contributed by atoms with van der Waals surface area (Å²) in [7, 11) is 4.07. The van der Waals surface area contributed by atoms with Gasteiger partial charge in [-0.1, -0.05) is 32.0 Å². The van der Waals surface area contributed by atoms with Crippen molar-refractivity contribution < 1.29 is 0 Å². The number of anilines is 1. The van der Waals surface area contributed by atoms with Crippen LogP contribution in [-0.2, 0) is 0 Å². The molecule has 1 aliphatic heterocycles. The molecule has 0 spiro atoms. The number of rotatable bonds is 10. The third kappa shape index (κ3) is 8.98. The minimum atomic E-state index is 0. The number of aliphatic imine (C=N–C) groups is 1. The minimum Gasteiger partial charge on any atom is -0.372 e. The van der Waals surface area contributed by atoms with Crippen LogP contribution in [0.3, 0.4) is 0 Å². The van der Waals surface area contributed by atoms with Crippen molar-refractivity contribution in [1.82, 2.24) is 20.4 Å². The molecule has 1 aromatic carbocycles. The third-order valence-electron chi connectivity index (χ3n) is 5.88. The van der Waals surface area contributed by atoms with E-state index in [4.69, 9.17) is 0 Å². The van der Waals surface area contributed by atoms with E-state index in [2.05, 4.69) is 88.5 Å². The molecule has 0 radical (unpaired) electrons. The summed E-state index contributed by atoms with van der Waals surface area (Å²) in [6, 6.07) is 11.2. The van der Waals surface area contributed by atoms with Gasteiger partial charge in [0.15, 0.2) is 5.96 Å². The molecule has 1 unspecified atom stereocenters. The Kier molecular flexibility index (Phi) is 13.4. The average Bonchev–Trinajstić information content (AvgIpc) is 2.74. The monoisotopic (exact) mass is 530 g/mol. The number of nitrogens with one attached hydrogen (secondary N) is 2. The van der Waals surface area contributed by atoms with Crippen LogP contribution in [0.1, 0.15) is 27.2 Å². The molecule has 2 N–H and O–H groups in total. The van der Waals surface area contributed by atoms with E-state index in [1.54, 1.807) is 0 Å². The normalized spacial score (nSPS) is 16.8. The molecular formula is C23H43IN6. The Morgan fingerprint density at radius 2 is 1.77 bits per heavy atom. The van der Waals surface area contributed by atoms with Crippen LogP contribution in [0.2, 0.25) is 0 Å². The van der Waals surface area contributed by atoms with Gasteiger partial charge in [0.05, 0.1) is 0 Å². The van der Waals surface area contributed by atoms with Crippen LogP contribution in [0.4, 0.5) is 5.69 Å². The first-order valence-electron chi connectivity index (χ1n) is 11.2. The lowest BCUT2D eigenvalue weighted by atomic mass is 10.0. The molecule has 30 heavy (non-hydrogen) atoms. The lowest BCUT2D eigenvalue weighted by Crippen LogP contribution is -2.55. The highest BCUT2D eigenvalue weighted by Crippen LogP contribution is 2.13. The Hall–Kier alpha value is -1.06. The Bertz CT molecular complexity index is 587. The fourth-order valence-corrected chi connectivity index (χ4v) is 3.95. The molecule has 1 saturated heterocycles. The highest BCUT2D eigenvalue weighted by molar-refractivity contribution is 14.0. The summed E-state index contributed by atoms with van der Waals surface area (Å²) in [6.45, 7) is 15.4. The molecule has 6 nitrogen and oxygen atoms in total. The quantitative estimate of drug-likeness (QED) is 0.211. The maximum Gasteiger partial charge on any atom is 0.191 e. The predicted molar refractivity (Wildman–Crippen MR) is 141 cm³/mol. The molecule has 0 amide bonds. The minimum absolute atomic E-state index is 0. The van der Waals surface area contributed by atoms with Crippen molar-refractivity contribution in [2.45, 2.75) is 33.2 Å². The maximum absolute atomic E-state index is 4.43. The smallest absolute Gasteiger partial charge is 0.191 e. The first-order chi connectivity index (χ1) is 14.0. The molecule has 1 atom stereocenters. The SMILES string of the molecule is CCN(CCCNC(=NC)NCC(C(C)C)N1CCN(C)CC1)c1ccccc1.I. The molecule has 0 bridgehead atoms. The number of nitrogens with zero attached hydrogens (tertiary/aromatic N) is 4. The van der Waals surface area contributed by atoms with Crippen LogP contribution in [0.15, 0.2) is 35.3 Å². The van der Waals surface area contributed by atoms with Crippen LogP contribution in [-0.4, -0.2) is 88.3 Å². The van der Waals surface area contributed by atoms with Gasteiger partial charge in [0.2, 0.25) is 0 Å². The van der Waals surface area contributed by atoms with Gasteiger partial charge < -0.3 is 20.4 Å². The number of piperazine rings is 1. The van der Waals surface area contributed by atoms with E-state index in [9.17, 15) is 0 Å². The second kappa shape index (κ2) is 14.9. The number of guanidine groups is 1. The van der Waals surface area contributed by atoms with Crippen molar-refractivity contribution in [3.63, 3.8) is 0 Å². The standard InChI is InChI=1S/C23H42N6.HI/c1-6-28(21-11-8-7-9-12-21)14-10-13-25-23(24-4)26-19-22(20(2)3)29-17-15-27(5)16-18-29;/h7-9,11-12,20,22H,6,10,13-19H2,1-5H3,(H2,24,25,26);1H. The topological polar surface area (TPSA) is 46.1 Å². The third-order valence-corrected chi connectivity index (χ3v) is 5.88. The van der Waals surface area contributed by atoms with Gasteiger partial charge in [-0.2, -0.15) is 0 Å². The maximum atomic E-state index is 4.43. The summed E-state index contributed by atoms with van der Waals surface area (Å²) < 4.78 is 0. The van der Waals surface area contributed by atoms with E-state index in [-0.39, 0.29) is 24.0 Å². The fraction of sp³-hybridized carbons (Fsp3) is 0.696. The van der Waals surface area contributed by atoms with Crippen LogP contribution in [0.25, 0.3) is 0 Å². The Labute approximate surface area is 201 Å². The number of hydrogen-bond acceptors (Lipinski definition) is 4. The molecule has 1 heterocycles. The molecule has 172 valence electrons. The van der Waals surface area contributed by atoms with Crippen molar-refractivity contribution in [2.75, 3.05) is 71.4 Å². The van der Waals surface area contributed by atoms with Crippen LogP contribution < -0.4 is 15.5 Å². The molecule has 7 heteroatoms. The lowest BCUT2D eigenvalue weighted by Gasteiger charge is -2.40. The summed E-state index contributed by atoms with van der Waals surface area (Å²) in [6.07, 6.45) is 1.08. The molecule has 1 aliphatic rings. The molecule has 0 aromatic heterocycles. The second-order valence-corrected chi connectivity index (χ2v) is 8.30.